The maximum Gasteiger partial charge on any atom is 0.417 e. The molecule has 0 aliphatic carbocycles. The van der Waals surface area contributed by atoms with E-state index in [0.717, 1.165) is 18.2 Å². The molecule has 0 aliphatic rings. The molecule has 3 nitrogen and oxygen atoms in total. The van der Waals surface area contributed by atoms with Crippen molar-refractivity contribution in [1.29, 1.82) is 0 Å². The fraction of sp³-hybridized carbons (Fsp3) is 0.0769. The first-order valence-electron chi connectivity index (χ1n) is 5.64. The van der Waals surface area contributed by atoms with E-state index in [9.17, 15) is 22.0 Å². The molecule has 0 N–H and O–H groups in total. The van der Waals surface area contributed by atoms with Gasteiger partial charge in [-0.25, -0.2) is 18.7 Å². The van der Waals surface area contributed by atoms with Gasteiger partial charge in [0.1, 0.15) is 5.52 Å². The van der Waals surface area contributed by atoms with Gasteiger partial charge in [-0.1, -0.05) is 0 Å². The smallest absolute Gasteiger partial charge is 0.417 e. The van der Waals surface area contributed by atoms with E-state index in [1.165, 1.54) is 6.07 Å². The molecule has 1 aromatic carbocycles. The first-order chi connectivity index (χ1) is 9.84. The molecule has 0 fully saturated rings. The highest BCUT2D eigenvalue weighted by Crippen LogP contribution is 2.31. The van der Waals surface area contributed by atoms with Gasteiger partial charge in [0, 0.05) is 11.8 Å². The summed E-state index contributed by atoms with van der Waals surface area (Å²) in [5.74, 6) is -2.30. The molecule has 108 valence electrons. The number of fused-ring (bicyclic) bond motifs is 1. The van der Waals surface area contributed by atoms with Crippen molar-refractivity contribution in [1.82, 2.24) is 9.97 Å². The Morgan fingerprint density at radius 2 is 1.76 bits per heavy atom. The van der Waals surface area contributed by atoms with E-state index in [1.54, 1.807) is 0 Å². The third kappa shape index (κ3) is 2.44. The summed E-state index contributed by atoms with van der Waals surface area (Å²) in [5, 5.41) is 0. The van der Waals surface area contributed by atoms with Crippen molar-refractivity contribution in [3.63, 3.8) is 0 Å². The Morgan fingerprint density at radius 3 is 2.43 bits per heavy atom. The number of rotatable bonds is 1. The maximum atomic E-state index is 13.1. The average molecular weight is 300 g/mol. The van der Waals surface area contributed by atoms with Crippen molar-refractivity contribution in [2.75, 3.05) is 0 Å². The molecule has 2 aromatic heterocycles. The van der Waals surface area contributed by atoms with Crippen molar-refractivity contribution in [3.05, 3.63) is 47.7 Å². The Hall–Kier alpha value is -2.51. The quantitative estimate of drug-likeness (QED) is 0.633. The van der Waals surface area contributed by atoms with Gasteiger partial charge >= 0.3 is 6.18 Å². The number of hydrogen-bond acceptors (Lipinski definition) is 3. The summed E-state index contributed by atoms with van der Waals surface area (Å²) >= 11 is 0. The van der Waals surface area contributed by atoms with E-state index in [2.05, 4.69) is 9.97 Å². The maximum absolute atomic E-state index is 13.1. The number of aromatic nitrogens is 2. The number of oxazole rings is 1. The number of benzene rings is 1. The fourth-order valence-corrected chi connectivity index (χ4v) is 1.73. The van der Waals surface area contributed by atoms with Gasteiger partial charge in [0.05, 0.1) is 5.56 Å². The van der Waals surface area contributed by atoms with Crippen molar-refractivity contribution >= 4 is 11.2 Å². The normalized spacial score (nSPS) is 12.0. The minimum absolute atomic E-state index is 0.0976. The molecule has 0 amide bonds. The lowest BCUT2D eigenvalue weighted by Crippen LogP contribution is -2.04. The van der Waals surface area contributed by atoms with Gasteiger partial charge in [-0.2, -0.15) is 13.2 Å². The zero-order chi connectivity index (χ0) is 15.2. The fourth-order valence-electron chi connectivity index (χ4n) is 1.73. The van der Waals surface area contributed by atoms with Crippen LogP contribution in [0.3, 0.4) is 0 Å². The van der Waals surface area contributed by atoms with Gasteiger partial charge in [-0.05, 0) is 24.3 Å². The molecule has 0 saturated heterocycles. The molecule has 0 atom stereocenters. The summed E-state index contributed by atoms with van der Waals surface area (Å²) < 4.78 is 68.8. The molecule has 0 saturated carbocycles. The van der Waals surface area contributed by atoms with Crippen LogP contribution in [0.15, 0.2) is 34.9 Å². The van der Waals surface area contributed by atoms with Gasteiger partial charge in [0.15, 0.2) is 11.6 Å². The van der Waals surface area contributed by atoms with Crippen molar-refractivity contribution < 1.29 is 26.4 Å². The molecule has 8 heteroatoms. The number of alkyl halides is 3. The molecule has 0 aliphatic heterocycles. The summed E-state index contributed by atoms with van der Waals surface area (Å²) in [6.07, 6.45) is -3.94. The van der Waals surface area contributed by atoms with E-state index in [4.69, 9.17) is 4.42 Å². The predicted molar refractivity (Wildman–Crippen MR) is 62.2 cm³/mol. The van der Waals surface area contributed by atoms with Gasteiger partial charge in [-0.3, -0.25) is 0 Å². The minimum atomic E-state index is -4.55. The molecule has 0 radical (unpaired) electrons. The molecule has 3 aromatic rings. The average Bonchev–Trinajstić information content (AvgIpc) is 2.83. The third-order valence-corrected chi connectivity index (χ3v) is 2.74. The van der Waals surface area contributed by atoms with Crippen LogP contribution in [0, 0.1) is 11.6 Å². The topological polar surface area (TPSA) is 38.9 Å². The number of hydrogen-bond donors (Lipinski definition) is 0. The van der Waals surface area contributed by atoms with Crippen LogP contribution in [-0.2, 0) is 6.18 Å². The second kappa shape index (κ2) is 4.51. The van der Waals surface area contributed by atoms with Crippen LogP contribution >= 0.6 is 0 Å². The van der Waals surface area contributed by atoms with E-state index < -0.39 is 23.4 Å². The SMILES string of the molecule is Fc1ccc(-c2nc3cc(C(F)(F)F)cnc3o2)cc1F. The first kappa shape index (κ1) is 13.5. The lowest BCUT2D eigenvalue weighted by atomic mass is 10.2. The van der Waals surface area contributed by atoms with E-state index in [1.807, 2.05) is 0 Å². The van der Waals surface area contributed by atoms with E-state index >= 15 is 0 Å². The molecular weight excluding hydrogens is 295 g/mol. The van der Waals surface area contributed by atoms with Crippen LogP contribution < -0.4 is 0 Å². The van der Waals surface area contributed by atoms with Gasteiger partial charge in [0.25, 0.3) is 0 Å². The van der Waals surface area contributed by atoms with Gasteiger partial charge < -0.3 is 4.42 Å². The van der Waals surface area contributed by atoms with Crippen LogP contribution in [0.2, 0.25) is 0 Å². The summed E-state index contributed by atoms with van der Waals surface area (Å²) in [6.45, 7) is 0. The first-order valence-corrected chi connectivity index (χ1v) is 5.64. The Kier molecular flexibility index (Phi) is 2.89. The highest BCUT2D eigenvalue weighted by atomic mass is 19.4. The van der Waals surface area contributed by atoms with E-state index in [0.29, 0.717) is 6.20 Å². The van der Waals surface area contributed by atoms with Crippen molar-refractivity contribution in [2.24, 2.45) is 0 Å². The van der Waals surface area contributed by atoms with Crippen LogP contribution in [0.25, 0.3) is 22.7 Å². The highest BCUT2D eigenvalue weighted by Gasteiger charge is 2.31. The Balaban J connectivity index is 2.10. The van der Waals surface area contributed by atoms with Gasteiger partial charge in [0.2, 0.25) is 11.6 Å². The van der Waals surface area contributed by atoms with Crippen molar-refractivity contribution in [3.8, 4) is 11.5 Å². The molecule has 3 rings (SSSR count). The second-order valence-corrected chi connectivity index (χ2v) is 4.19. The van der Waals surface area contributed by atoms with E-state index in [-0.39, 0.29) is 22.7 Å². The summed E-state index contributed by atoms with van der Waals surface area (Å²) in [5.41, 5.74) is -1.12. The Bertz CT molecular complexity index is 825. The predicted octanol–water partition coefficient (Wildman–Crippen LogP) is 4.19. The number of nitrogens with zero attached hydrogens (tertiary/aromatic N) is 2. The monoisotopic (exact) mass is 300 g/mol. The highest BCUT2D eigenvalue weighted by molar-refractivity contribution is 5.73. The van der Waals surface area contributed by atoms with Crippen molar-refractivity contribution in [2.45, 2.75) is 6.18 Å². The Morgan fingerprint density at radius 1 is 1.00 bits per heavy atom. The van der Waals surface area contributed by atoms with Gasteiger partial charge in [-0.15, -0.1) is 0 Å². The van der Waals surface area contributed by atoms with Crippen LogP contribution in [0.5, 0.6) is 0 Å². The summed E-state index contributed by atoms with van der Waals surface area (Å²) in [6, 6.07) is 3.68. The number of halogens is 5. The molecule has 2 heterocycles. The third-order valence-electron chi connectivity index (χ3n) is 2.74. The Labute approximate surface area is 114 Å². The molecular formula is C13H5F5N2O. The molecule has 21 heavy (non-hydrogen) atoms. The molecule has 0 bridgehead atoms. The lowest BCUT2D eigenvalue weighted by molar-refractivity contribution is -0.137. The zero-order valence-corrected chi connectivity index (χ0v) is 10.1. The molecule has 0 unspecified atom stereocenters. The second-order valence-electron chi connectivity index (χ2n) is 4.19. The standard InChI is InChI=1S/C13H5F5N2O/c14-8-2-1-6(3-9(8)15)11-20-10-4-7(13(16,17)18)5-19-12(10)21-11/h1-5H. The summed E-state index contributed by atoms with van der Waals surface area (Å²) in [4.78, 5) is 7.33. The van der Waals surface area contributed by atoms with Crippen LogP contribution in [0.4, 0.5) is 22.0 Å². The van der Waals surface area contributed by atoms with Crippen LogP contribution in [-0.4, -0.2) is 9.97 Å². The zero-order valence-electron chi connectivity index (χ0n) is 10.1. The number of pyridine rings is 1. The summed E-state index contributed by atoms with van der Waals surface area (Å²) in [7, 11) is 0. The molecule has 0 spiro atoms. The van der Waals surface area contributed by atoms with Crippen LogP contribution in [0.1, 0.15) is 5.56 Å². The lowest BCUT2D eigenvalue weighted by Gasteiger charge is -2.03. The largest absolute Gasteiger partial charge is 0.418 e. The minimum Gasteiger partial charge on any atom is -0.418 e.